The zero-order valence-electron chi connectivity index (χ0n) is 11.2. The van der Waals surface area contributed by atoms with Crippen molar-refractivity contribution >= 4 is 5.97 Å². The molecule has 3 nitrogen and oxygen atoms in total. The Bertz CT molecular complexity index is 329. The number of methoxy groups -OCH3 is 1. The zero-order valence-corrected chi connectivity index (χ0v) is 11.2. The molecule has 1 aliphatic carbocycles. The standard InChI is InChI=1S/C14H23NO2/c1-14(2,11-8-6-5-7-9-11)12(10-15-3)13(16)17-4/h6,8-9,12,15H,5,7,10H2,1-4H3. The SMILES string of the molecule is CNCC(C(=O)OC)C(C)(C)C1=CCCC=C1. The smallest absolute Gasteiger partial charge is 0.310 e. The maximum atomic E-state index is 11.9. The van der Waals surface area contributed by atoms with E-state index in [0.29, 0.717) is 6.54 Å². The maximum absolute atomic E-state index is 11.9. The molecule has 0 saturated carbocycles. The molecule has 1 N–H and O–H groups in total. The van der Waals surface area contributed by atoms with Crippen molar-refractivity contribution in [2.45, 2.75) is 26.7 Å². The minimum Gasteiger partial charge on any atom is -0.469 e. The van der Waals surface area contributed by atoms with Crippen LogP contribution in [0, 0.1) is 11.3 Å². The number of hydrogen-bond donors (Lipinski definition) is 1. The van der Waals surface area contributed by atoms with E-state index in [2.05, 4.69) is 37.4 Å². The molecule has 1 atom stereocenters. The average Bonchev–Trinajstić information content (AvgIpc) is 2.36. The number of hydrogen-bond acceptors (Lipinski definition) is 3. The second-order valence-corrected chi connectivity index (χ2v) is 4.99. The number of esters is 1. The Morgan fingerprint density at radius 1 is 1.53 bits per heavy atom. The Kier molecular flexibility index (Phi) is 4.94. The van der Waals surface area contributed by atoms with Crippen LogP contribution >= 0.6 is 0 Å². The van der Waals surface area contributed by atoms with Gasteiger partial charge in [0.2, 0.25) is 0 Å². The molecule has 0 spiro atoms. The molecule has 0 saturated heterocycles. The van der Waals surface area contributed by atoms with E-state index in [9.17, 15) is 4.79 Å². The molecule has 0 bridgehead atoms. The summed E-state index contributed by atoms with van der Waals surface area (Å²) in [4.78, 5) is 11.9. The van der Waals surface area contributed by atoms with Crippen molar-refractivity contribution in [3.8, 4) is 0 Å². The molecule has 3 heteroatoms. The van der Waals surface area contributed by atoms with E-state index in [1.807, 2.05) is 7.05 Å². The van der Waals surface area contributed by atoms with Gasteiger partial charge < -0.3 is 10.1 Å². The van der Waals surface area contributed by atoms with Gasteiger partial charge in [0.15, 0.2) is 0 Å². The lowest BCUT2D eigenvalue weighted by Gasteiger charge is -2.34. The van der Waals surface area contributed by atoms with Crippen LogP contribution in [0.4, 0.5) is 0 Å². The van der Waals surface area contributed by atoms with Crippen LogP contribution in [0.5, 0.6) is 0 Å². The molecule has 0 aromatic rings. The summed E-state index contributed by atoms with van der Waals surface area (Å²) in [5, 5.41) is 3.08. The van der Waals surface area contributed by atoms with Crippen LogP contribution in [0.15, 0.2) is 23.8 Å². The van der Waals surface area contributed by atoms with Crippen molar-refractivity contribution in [2.75, 3.05) is 20.7 Å². The molecule has 0 aromatic heterocycles. The number of carbonyl (C=O) groups is 1. The van der Waals surface area contributed by atoms with Gasteiger partial charge in [-0.05, 0) is 25.5 Å². The summed E-state index contributed by atoms with van der Waals surface area (Å²) in [6.45, 7) is 4.84. The van der Waals surface area contributed by atoms with Crippen molar-refractivity contribution < 1.29 is 9.53 Å². The Morgan fingerprint density at radius 2 is 2.24 bits per heavy atom. The molecule has 96 valence electrons. The Balaban J connectivity index is 2.94. The van der Waals surface area contributed by atoms with E-state index in [0.717, 1.165) is 12.8 Å². The van der Waals surface area contributed by atoms with Gasteiger partial charge in [-0.3, -0.25) is 4.79 Å². The fourth-order valence-corrected chi connectivity index (χ4v) is 2.27. The average molecular weight is 237 g/mol. The van der Waals surface area contributed by atoms with Crippen LogP contribution in [0.3, 0.4) is 0 Å². The number of nitrogens with one attached hydrogen (secondary N) is 1. The Hall–Kier alpha value is -1.09. The van der Waals surface area contributed by atoms with E-state index in [1.165, 1.54) is 12.7 Å². The van der Waals surface area contributed by atoms with Gasteiger partial charge in [-0.25, -0.2) is 0 Å². The van der Waals surface area contributed by atoms with E-state index in [-0.39, 0.29) is 17.3 Å². The molecule has 0 radical (unpaired) electrons. The summed E-state index contributed by atoms with van der Waals surface area (Å²) in [7, 11) is 3.31. The van der Waals surface area contributed by atoms with E-state index in [4.69, 9.17) is 4.74 Å². The van der Waals surface area contributed by atoms with Crippen LogP contribution in [-0.2, 0) is 9.53 Å². The van der Waals surface area contributed by atoms with Gasteiger partial charge in [0.05, 0.1) is 13.0 Å². The minimum atomic E-state index is -0.201. The minimum absolute atomic E-state index is 0.149. The lowest BCUT2D eigenvalue weighted by Crippen LogP contribution is -2.39. The third-order valence-corrected chi connectivity index (χ3v) is 3.50. The van der Waals surface area contributed by atoms with Gasteiger partial charge in [0.1, 0.15) is 0 Å². The van der Waals surface area contributed by atoms with Gasteiger partial charge in [0.25, 0.3) is 0 Å². The fourth-order valence-electron chi connectivity index (χ4n) is 2.27. The molecule has 0 heterocycles. The Morgan fingerprint density at radius 3 is 2.71 bits per heavy atom. The zero-order chi connectivity index (χ0) is 12.9. The van der Waals surface area contributed by atoms with Crippen LogP contribution in [-0.4, -0.2) is 26.7 Å². The molecule has 1 aliphatic rings. The lowest BCUT2D eigenvalue weighted by molar-refractivity contribution is -0.148. The number of carbonyl (C=O) groups excluding carboxylic acids is 1. The van der Waals surface area contributed by atoms with Crippen molar-refractivity contribution in [1.29, 1.82) is 0 Å². The van der Waals surface area contributed by atoms with Crippen molar-refractivity contribution in [2.24, 2.45) is 11.3 Å². The molecule has 1 unspecified atom stereocenters. The number of ether oxygens (including phenoxy) is 1. The van der Waals surface area contributed by atoms with Crippen molar-refractivity contribution in [1.82, 2.24) is 5.32 Å². The molecule has 0 amide bonds. The summed E-state index contributed by atoms with van der Waals surface area (Å²) in [5.41, 5.74) is 1.03. The first kappa shape index (κ1) is 14.0. The molecular weight excluding hydrogens is 214 g/mol. The highest BCUT2D eigenvalue weighted by molar-refractivity contribution is 5.74. The fraction of sp³-hybridized carbons (Fsp3) is 0.643. The highest BCUT2D eigenvalue weighted by Crippen LogP contribution is 2.38. The molecular formula is C14H23NO2. The highest BCUT2D eigenvalue weighted by Gasteiger charge is 2.37. The highest BCUT2D eigenvalue weighted by atomic mass is 16.5. The normalized spacial score (nSPS) is 17.5. The summed E-state index contributed by atoms with van der Waals surface area (Å²) in [5.74, 6) is -0.310. The van der Waals surface area contributed by atoms with Gasteiger partial charge >= 0.3 is 5.97 Å². The third-order valence-electron chi connectivity index (χ3n) is 3.50. The molecule has 0 aliphatic heterocycles. The third kappa shape index (κ3) is 3.19. The number of allylic oxidation sites excluding steroid dienone is 4. The quantitative estimate of drug-likeness (QED) is 0.746. The van der Waals surface area contributed by atoms with Gasteiger partial charge in [-0.1, -0.05) is 32.1 Å². The first-order valence-corrected chi connectivity index (χ1v) is 6.13. The molecule has 0 fully saturated rings. The predicted molar refractivity (Wildman–Crippen MR) is 69.7 cm³/mol. The van der Waals surface area contributed by atoms with Gasteiger partial charge in [0, 0.05) is 12.0 Å². The van der Waals surface area contributed by atoms with Crippen LogP contribution in [0.1, 0.15) is 26.7 Å². The molecule has 0 aromatic carbocycles. The summed E-state index contributed by atoms with van der Waals surface area (Å²) >= 11 is 0. The second-order valence-electron chi connectivity index (χ2n) is 4.99. The van der Waals surface area contributed by atoms with Gasteiger partial charge in [-0.2, -0.15) is 0 Å². The molecule has 17 heavy (non-hydrogen) atoms. The second kappa shape index (κ2) is 6.01. The van der Waals surface area contributed by atoms with E-state index < -0.39 is 0 Å². The first-order chi connectivity index (χ1) is 8.04. The van der Waals surface area contributed by atoms with E-state index in [1.54, 1.807) is 0 Å². The maximum Gasteiger partial charge on any atom is 0.310 e. The first-order valence-electron chi connectivity index (χ1n) is 6.13. The van der Waals surface area contributed by atoms with Crippen LogP contribution < -0.4 is 5.32 Å². The van der Waals surface area contributed by atoms with Crippen LogP contribution in [0.2, 0.25) is 0 Å². The van der Waals surface area contributed by atoms with Crippen molar-refractivity contribution in [3.05, 3.63) is 23.8 Å². The summed E-state index contributed by atoms with van der Waals surface area (Å²) in [6.07, 6.45) is 8.68. The van der Waals surface area contributed by atoms with Crippen molar-refractivity contribution in [3.63, 3.8) is 0 Å². The summed E-state index contributed by atoms with van der Waals surface area (Å²) < 4.78 is 4.91. The summed E-state index contributed by atoms with van der Waals surface area (Å²) in [6, 6.07) is 0. The molecule has 1 rings (SSSR count). The lowest BCUT2D eigenvalue weighted by atomic mass is 9.71. The van der Waals surface area contributed by atoms with Gasteiger partial charge in [-0.15, -0.1) is 0 Å². The number of rotatable bonds is 5. The largest absolute Gasteiger partial charge is 0.469 e. The monoisotopic (exact) mass is 237 g/mol. The van der Waals surface area contributed by atoms with E-state index >= 15 is 0 Å². The Labute approximate surface area is 104 Å². The topological polar surface area (TPSA) is 38.3 Å². The van der Waals surface area contributed by atoms with Crippen LogP contribution in [0.25, 0.3) is 0 Å². The predicted octanol–water partition coefficient (Wildman–Crippen LogP) is 2.30.